The van der Waals surface area contributed by atoms with Crippen LogP contribution >= 0.6 is 0 Å². The summed E-state index contributed by atoms with van der Waals surface area (Å²) in [6.45, 7) is 3.45. The maximum absolute atomic E-state index is 12.0. The Morgan fingerprint density at radius 2 is 2.19 bits per heavy atom. The maximum atomic E-state index is 12.0. The predicted molar refractivity (Wildman–Crippen MR) is 77.8 cm³/mol. The zero-order chi connectivity index (χ0) is 15.2. The average molecular weight is 289 g/mol. The van der Waals surface area contributed by atoms with Crippen molar-refractivity contribution in [2.75, 3.05) is 27.2 Å². The van der Waals surface area contributed by atoms with Crippen LogP contribution in [0.4, 0.5) is 0 Å². The van der Waals surface area contributed by atoms with Crippen LogP contribution in [0.2, 0.25) is 0 Å². The van der Waals surface area contributed by atoms with Gasteiger partial charge in [-0.1, -0.05) is 11.3 Å². The molecule has 0 spiro atoms. The molecule has 0 aliphatic heterocycles. The van der Waals surface area contributed by atoms with Crippen LogP contribution in [0.25, 0.3) is 11.4 Å². The number of carbonyl (C=O) groups is 1. The fraction of sp³-hybridized carbons (Fsp3) is 0.429. The molecule has 0 amide bonds. The molecule has 0 fully saturated rings. The smallest absolute Gasteiger partial charge is 0.361 e. The third-order valence-electron chi connectivity index (χ3n) is 2.87. The molecule has 2 heterocycles. The first-order valence-electron chi connectivity index (χ1n) is 6.80. The Balaban J connectivity index is 2.40. The van der Waals surface area contributed by atoms with Crippen molar-refractivity contribution in [2.24, 2.45) is 0 Å². The molecule has 7 heteroatoms. The van der Waals surface area contributed by atoms with Crippen molar-refractivity contribution in [3.63, 3.8) is 0 Å². The van der Waals surface area contributed by atoms with E-state index in [2.05, 4.69) is 15.3 Å². The highest BCUT2D eigenvalue weighted by Gasteiger charge is 2.22. The van der Waals surface area contributed by atoms with Gasteiger partial charge in [-0.05, 0) is 33.2 Å². The number of nitrogens with zero attached hydrogens (tertiary/aromatic N) is 5. The highest BCUT2D eigenvalue weighted by atomic mass is 16.5. The van der Waals surface area contributed by atoms with E-state index >= 15 is 0 Å². The van der Waals surface area contributed by atoms with E-state index in [1.165, 1.54) is 0 Å². The van der Waals surface area contributed by atoms with Crippen molar-refractivity contribution in [3.05, 3.63) is 30.1 Å². The van der Waals surface area contributed by atoms with Gasteiger partial charge in [0.2, 0.25) is 0 Å². The van der Waals surface area contributed by atoms with Gasteiger partial charge in [0, 0.05) is 12.7 Å². The van der Waals surface area contributed by atoms with Gasteiger partial charge in [0.1, 0.15) is 5.69 Å². The Kier molecular flexibility index (Phi) is 4.99. The molecule has 0 aliphatic rings. The van der Waals surface area contributed by atoms with Gasteiger partial charge in [0.25, 0.3) is 0 Å². The molecule has 0 N–H and O–H groups in total. The molecule has 0 radical (unpaired) electrons. The van der Waals surface area contributed by atoms with Crippen molar-refractivity contribution < 1.29 is 9.53 Å². The standard InChI is InChI=1S/C14H19N5O2/c1-4-21-14(20)12-13(11-7-5-6-8-15-11)19(17-16-12)10-9-18(2)3/h5-8H,4,9-10H2,1-3H3. The molecule has 0 saturated carbocycles. The zero-order valence-corrected chi connectivity index (χ0v) is 12.5. The summed E-state index contributed by atoms with van der Waals surface area (Å²) in [6, 6.07) is 5.51. The lowest BCUT2D eigenvalue weighted by molar-refractivity contribution is 0.0520. The fourth-order valence-corrected chi connectivity index (χ4v) is 1.86. The van der Waals surface area contributed by atoms with Crippen LogP contribution in [0.15, 0.2) is 24.4 Å². The summed E-state index contributed by atoms with van der Waals surface area (Å²) in [7, 11) is 3.95. The number of pyridine rings is 1. The summed E-state index contributed by atoms with van der Waals surface area (Å²) in [6.07, 6.45) is 1.67. The van der Waals surface area contributed by atoms with Gasteiger partial charge in [0.15, 0.2) is 5.69 Å². The molecular weight excluding hydrogens is 270 g/mol. The zero-order valence-electron chi connectivity index (χ0n) is 12.5. The van der Waals surface area contributed by atoms with Gasteiger partial charge >= 0.3 is 5.97 Å². The van der Waals surface area contributed by atoms with E-state index < -0.39 is 5.97 Å². The van der Waals surface area contributed by atoms with E-state index in [4.69, 9.17) is 4.74 Å². The molecule has 2 rings (SSSR count). The molecule has 0 bridgehead atoms. The van der Waals surface area contributed by atoms with E-state index in [1.807, 2.05) is 37.2 Å². The Hall–Kier alpha value is -2.28. The van der Waals surface area contributed by atoms with Gasteiger partial charge in [-0.2, -0.15) is 0 Å². The summed E-state index contributed by atoms with van der Waals surface area (Å²) in [4.78, 5) is 18.3. The van der Waals surface area contributed by atoms with Crippen molar-refractivity contribution in [1.82, 2.24) is 24.9 Å². The van der Waals surface area contributed by atoms with Crippen molar-refractivity contribution in [1.29, 1.82) is 0 Å². The molecule has 112 valence electrons. The van der Waals surface area contributed by atoms with Gasteiger partial charge in [0.05, 0.1) is 18.8 Å². The van der Waals surface area contributed by atoms with Crippen molar-refractivity contribution in [3.8, 4) is 11.4 Å². The monoisotopic (exact) mass is 289 g/mol. The molecule has 0 atom stereocenters. The highest BCUT2D eigenvalue weighted by molar-refractivity contribution is 5.93. The second kappa shape index (κ2) is 6.94. The second-order valence-corrected chi connectivity index (χ2v) is 4.75. The van der Waals surface area contributed by atoms with Crippen LogP contribution < -0.4 is 0 Å². The van der Waals surface area contributed by atoms with Crippen molar-refractivity contribution >= 4 is 5.97 Å². The van der Waals surface area contributed by atoms with Crippen LogP contribution in [0.3, 0.4) is 0 Å². The molecule has 2 aromatic rings. The predicted octanol–water partition coefficient (Wildman–Crippen LogP) is 1.08. The lowest BCUT2D eigenvalue weighted by atomic mass is 10.2. The number of likely N-dealkylation sites (N-methyl/N-ethyl adjacent to an activating group) is 1. The first-order chi connectivity index (χ1) is 10.1. The number of ether oxygens (including phenoxy) is 1. The van der Waals surface area contributed by atoms with E-state index in [0.717, 1.165) is 6.54 Å². The largest absolute Gasteiger partial charge is 0.461 e. The second-order valence-electron chi connectivity index (χ2n) is 4.75. The minimum absolute atomic E-state index is 0.203. The van der Waals surface area contributed by atoms with Crippen LogP contribution in [0.1, 0.15) is 17.4 Å². The average Bonchev–Trinajstić information content (AvgIpc) is 2.90. The highest BCUT2D eigenvalue weighted by Crippen LogP contribution is 2.20. The molecule has 0 aromatic carbocycles. The minimum Gasteiger partial charge on any atom is -0.461 e. The third-order valence-corrected chi connectivity index (χ3v) is 2.87. The van der Waals surface area contributed by atoms with Crippen LogP contribution in [0.5, 0.6) is 0 Å². The first-order valence-corrected chi connectivity index (χ1v) is 6.80. The molecular formula is C14H19N5O2. The van der Waals surface area contributed by atoms with Gasteiger partial charge in [-0.25, -0.2) is 9.48 Å². The first kappa shape index (κ1) is 15.1. The van der Waals surface area contributed by atoms with Crippen molar-refractivity contribution in [2.45, 2.75) is 13.5 Å². The Morgan fingerprint density at radius 3 is 2.81 bits per heavy atom. The number of hydrogen-bond donors (Lipinski definition) is 0. The van der Waals surface area contributed by atoms with Crippen LogP contribution in [0, 0.1) is 0 Å². The molecule has 0 unspecified atom stereocenters. The topological polar surface area (TPSA) is 73.1 Å². The lowest BCUT2D eigenvalue weighted by Gasteiger charge is -2.11. The Labute approximate surface area is 123 Å². The lowest BCUT2D eigenvalue weighted by Crippen LogP contribution is -2.20. The number of aromatic nitrogens is 4. The van der Waals surface area contributed by atoms with Gasteiger partial charge in [-0.3, -0.25) is 4.98 Å². The molecule has 21 heavy (non-hydrogen) atoms. The van der Waals surface area contributed by atoms with E-state index in [9.17, 15) is 4.79 Å². The molecule has 7 nitrogen and oxygen atoms in total. The van der Waals surface area contributed by atoms with Crippen LogP contribution in [-0.2, 0) is 11.3 Å². The SMILES string of the molecule is CCOC(=O)c1nnn(CCN(C)C)c1-c1ccccn1. The maximum Gasteiger partial charge on any atom is 0.361 e. The van der Waals surface area contributed by atoms with E-state index in [-0.39, 0.29) is 5.69 Å². The Morgan fingerprint density at radius 1 is 1.38 bits per heavy atom. The fourth-order valence-electron chi connectivity index (χ4n) is 1.86. The van der Waals surface area contributed by atoms with E-state index in [1.54, 1.807) is 17.8 Å². The van der Waals surface area contributed by atoms with E-state index in [0.29, 0.717) is 24.5 Å². The minimum atomic E-state index is -0.478. The molecule has 2 aromatic heterocycles. The summed E-state index contributed by atoms with van der Waals surface area (Å²) in [5, 5.41) is 8.04. The van der Waals surface area contributed by atoms with Gasteiger partial charge < -0.3 is 9.64 Å². The van der Waals surface area contributed by atoms with Crippen LogP contribution in [-0.4, -0.2) is 58.1 Å². The van der Waals surface area contributed by atoms with Gasteiger partial charge in [-0.15, -0.1) is 5.10 Å². The number of hydrogen-bond acceptors (Lipinski definition) is 6. The Bertz CT molecular complexity index is 595. The summed E-state index contributed by atoms with van der Waals surface area (Å²) >= 11 is 0. The summed E-state index contributed by atoms with van der Waals surface area (Å²) < 4.78 is 6.73. The molecule has 0 aliphatic carbocycles. The number of carbonyl (C=O) groups excluding carboxylic acids is 1. The normalized spacial score (nSPS) is 10.9. The summed E-state index contributed by atoms with van der Waals surface area (Å²) in [5.74, 6) is -0.478. The molecule has 0 saturated heterocycles. The number of esters is 1. The summed E-state index contributed by atoms with van der Waals surface area (Å²) in [5.41, 5.74) is 1.45. The number of rotatable bonds is 6. The quantitative estimate of drug-likeness (QED) is 0.741. The third kappa shape index (κ3) is 3.63.